The van der Waals surface area contributed by atoms with Crippen molar-refractivity contribution in [3.8, 4) is 0 Å². The van der Waals surface area contributed by atoms with Crippen LogP contribution in [0.3, 0.4) is 0 Å². The predicted molar refractivity (Wildman–Crippen MR) is 103 cm³/mol. The molecular weight excluding hydrogens is 361 g/mol. The minimum absolute atomic E-state index is 0. The van der Waals surface area contributed by atoms with Gasteiger partial charge in [0.1, 0.15) is 0 Å². The van der Waals surface area contributed by atoms with E-state index in [0.717, 1.165) is 6.42 Å². The van der Waals surface area contributed by atoms with E-state index in [0.29, 0.717) is 0 Å². The first-order valence-corrected chi connectivity index (χ1v) is 9.27. The molecule has 1 aliphatic carbocycles. The monoisotopic (exact) mass is 389 g/mol. The van der Waals surface area contributed by atoms with Crippen molar-refractivity contribution in [1.29, 1.82) is 0 Å². The summed E-state index contributed by atoms with van der Waals surface area (Å²) in [5.74, 6) is 0. The van der Waals surface area contributed by atoms with Crippen LogP contribution in [-0.2, 0) is 23.1 Å². The fourth-order valence-electron chi connectivity index (χ4n) is 2.64. The zero-order valence-corrected chi connectivity index (χ0v) is 18.2. The van der Waals surface area contributed by atoms with Crippen molar-refractivity contribution in [2.24, 2.45) is 0 Å². The summed E-state index contributed by atoms with van der Waals surface area (Å²) in [6, 6.07) is 8.97. The molecule has 4 heteroatoms. The molecule has 0 atom stereocenters. The second-order valence-corrected chi connectivity index (χ2v) is 10.2. The summed E-state index contributed by atoms with van der Waals surface area (Å²) >= 11 is -0.281. The van der Waals surface area contributed by atoms with Gasteiger partial charge in [0.2, 0.25) is 0 Å². The smallest absolute Gasteiger partial charge is 0.147 e. The average molecular weight is 390 g/mol. The van der Waals surface area contributed by atoms with Crippen LogP contribution in [0.5, 0.6) is 0 Å². The molecule has 0 spiro atoms. The zero-order chi connectivity index (χ0) is 15.7. The molecule has 1 aromatic rings. The number of benzene rings is 1. The number of hydrogen-bond donors (Lipinski definition) is 1. The van der Waals surface area contributed by atoms with E-state index < -0.39 is 0 Å². The molecule has 2 rings (SSSR count). The van der Waals surface area contributed by atoms with Crippen LogP contribution in [0.4, 0.5) is 0 Å². The van der Waals surface area contributed by atoms with Crippen molar-refractivity contribution in [2.45, 2.75) is 57.2 Å². The van der Waals surface area contributed by atoms with E-state index in [1.807, 2.05) is 0 Å². The minimum atomic E-state index is -0.281. The van der Waals surface area contributed by atoms with Crippen molar-refractivity contribution in [1.82, 2.24) is 3.80 Å². The summed E-state index contributed by atoms with van der Waals surface area (Å²) in [5.41, 5.74) is 6.07. The van der Waals surface area contributed by atoms with Crippen LogP contribution < -0.4 is 3.80 Å². The van der Waals surface area contributed by atoms with Crippen LogP contribution in [-0.4, -0.2) is 5.54 Å². The Morgan fingerprint density at radius 3 is 2.13 bits per heavy atom. The Morgan fingerprint density at radius 1 is 1.00 bits per heavy atom. The SMILES string of the molecule is CC1=C(c2ccccc2[C](C)(C)[Ti][NH]C(C)(C)C)CC=C1.Cl.Cl. The van der Waals surface area contributed by atoms with Crippen LogP contribution in [0.15, 0.2) is 42.0 Å². The zero-order valence-electron chi connectivity index (χ0n) is 15.0. The van der Waals surface area contributed by atoms with Gasteiger partial charge in [-0.3, -0.25) is 0 Å². The summed E-state index contributed by atoms with van der Waals surface area (Å²) in [5, 5.41) is 0. The molecule has 0 saturated heterocycles. The average Bonchev–Trinajstić information content (AvgIpc) is 2.82. The summed E-state index contributed by atoms with van der Waals surface area (Å²) < 4.78 is 4.02. The fourth-order valence-corrected chi connectivity index (χ4v) is 4.26. The van der Waals surface area contributed by atoms with E-state index in [-0.39, 0.29) is 53.5 Å². The Labute approximate surface area is 163 Å². The van der Waals surface area contributed by atoms with Gasteiger partial charge in [0.15, 0.2) is 0 Å². The number of allylic oxidation sites excluding steroid dienone is 4. The van der Waals surface area contributed by atoms with E-state index >= 15 is 0 Å². The Hall–Kier alpha value is -0.0457. The van der Waals surface area contributed by atoms with Gasteiger partial charge >= 0.3 is 139 Å². The van der Waals surface area contributed by atoms with Crippen LogP contribution in [0.2, 0.25) is 0 Å². The van der Waals surface area contributed by atoms with Gasteiger partial charge < -0.3 is 0 Å². The van der Waals surface area contributed by atoms with Crippen molar-refractivity contribution in [3.05, 3.63) is 53.1 Å². The third-order valence-corrected chi connectivity index (χ3v) is 6.60. The number of rotatable bonds is 4. The summed E-state index contributed by atoms with van der Waals surface area (Å²) in [6.45, 7) is 13.8. The Morgan fingerprint density at radius 2 is 1.61 bits per heavy atom. The van der Waals surface area contributed by atoms with Crippen LogP contribution in [0.1, 0.15) is 59.1 Å². The number of nitrogens with one attached hydrogen (secondary N) is 1. The first kappa shape index (κ1) is 23.0. The second kappa shape index (κ2) is 8.88. The maximum absolute atomic E-state index is 3.78. The molecular formula is C19H29Cl2NTi. The van der Waals surface area contributed by atoms with E-state index in [9.17, 15) is 0 Å². The van der Waals surface area contributed by atoms with Crippen molar-refractivity contribution in [3.63, 3.8) is 0 Å². The Balaban J connectivity index is 0.00000242. The molecule has 1 N–H and O–H groups in total. The Kier molecular flexibility index (Phi) is 8.86. The largest absolute Gasteiger partial charge is 0.147 e. The molecule has 0 amide bonds. The molecule has 23 heavy (non-hydrogen) atoms. The third kappa shape index (κ3) is 6.07. The standard InChI is InChI=1S/C15H17.C4H10N.2ClH.Ti/c1-11(2)13-8-4-5-9-15(13)14-10-6-7-12(14)3;1-4(2,3)5;;;/h4-9H,10H2,1-3H3;5H,1-3H3;2*1H;/q;-1;;;+1. The molecule has 1 aliphatic rings. The van der Waals surface area contributed by atoms with Crippen LogP contribution in [0.25, 0.3) is 5.57 Å². The van der Waals surface area contributed by atoms with Gasteiger partial charge in [0.25, 0.3) is 0 Å². The van der Waals surface area contributed by atoms with Gasteiger partial charge in [0.05, 0.1) is 0 Å². The molecule has 128 valence electrons. The first-order valence-electron chi connectivity index (χ1n) is 7.71. The fraction of sp³-hybridized carbons (Fsp3) is 0.474. The molecule has 1 nitrogen and oxygen atoms in total. The third-order valence-electron chi connectivity index (χ3n) is 3.84. The van der Waals surface area contributed by atoms with Gasteiger partial charge in [-0.25, -0.2) is 0 Å². The topological polar surface area (TPSA) is 12.0 Å². The number of halogens is 2. The molecule has 0 heterocycles. The van der Waals surface area contributed by atoms with Gasteiger partial charge in [-0.1, -0.05) is 0 Å². The molecule has 0 saturated carbocycles. The first-order chi connectivity index (χ1) is 9.71. The van der Waals surface area contributed by atoms with Gasteiger partial charge in [-0.05, 0) is 0 Å². The van der Waals surface area contributed by atoms with Gasteiger partial charge in [-0.15, -0.1) is 24.8 Å². The second-order valence-electron chi connectivity index (χ2n) is 7.44. The molecule has 0 aliphatic heterocycles. The molecule has 0 unspecified atom stereocenters. The maximum atomic E-state index is 3.78. The van der Waals surface area contributed by atoms with Crippen LogP contribution in [0, 0.1) is 0 Å². The van der Waals surface area contributed by atoms with E-state index in [1.165, 1.54) is 22.3 Å². The minimum Gasteiger partial charge on any atom is -0.147 e. The number of hydrogen-bond acceptors (Lipinski definition) is 1. The predicted octanol–water partition coefficient (Wildman–Crippen LogP) is 5.88. The van der Waals surface area contributed by atoms with Crippen molar-refractivity contribution < 1.29 is 19.4 Å². The van der Waals surface area contributed by atoms with E-state index in [1.54, 1.807) is 0 Å². The summed E-state index contributed by atoms with van der Waals surface area (Å²) in [7, 11) is 0. The van der Waals surface area contributed by atoms with E-state index in [4.69, 9.17) is 0 Å². The molecule has 0 aromatic heterocycles. The normalized spacial score (nSPS) is 14.3. The molecule has 1 aromatic carbocycles. The Bertz CT molecular complexity index is 583. The maximum Gasteiger partial charge on any atom is -0.147 e. The summed E-state index contributed by atoms with van der Waals surface area (Å²) in [4.78, 5) is 0. The molecule has 0 fully saturated rings. The van der Waals surface area contributed by atoms with Gasteiger partial charge in [0, 0.05) is 0 Å². The van der Waals surface area contributed by atoms with Gasteiger partial charge in [-0.2, -0.15) is 0 Å². The molecule has 0 radical (unpaired) electrons. The van der Waals surface area contributed by atoms with Crippen LogP contribution >= 0.6 is 24.8 Å². The quantitative estimate of drug-likeness (QED) is 0.633. The van der Waals surface area contributed by atoms with Crippen molar-refractivity contribution >= 4 is 30.4 Å². The summed E-state index contributed by atoms with van der Waals surface area (Å²) in [6.07, 6.45) is 5.60. The van der Waals surface area contributed by atoms with E-state index in [2.05, 4.69) is 81.8 Å². The molecule has 0 bridgehead atoms. The van der Waals surface area contributed by atoms with Crippen molar-refractivity contribution in [2.75, 3.05) is 0 Å².